The summed E-state index contributed by atoms with van der Waals surface area (Å²) in [6, 6.07) is 2.28. The van der Waals surface area contributed by atoms with Gasteiger partial charge >= 0.3 is 6.03 Å². The van der Waals surface area contributed by atoms with Crippen molar-refractivity contribution in [2.75, 3.05) is 0 Å². The highest BCUT2D eigenvalue weighted by molar-refractivity contribution is 7.13. The number of nitrogens with one attached hydrogen (secondary N) is 3. The SMILES string of the molecule is O=C1CC[C@H](C(=O)NCc2noc(-c3cccs3)n2)NC(=O)N1. The normalized spacial score (nSPS) is 18.0. The molecular formula is C13H13N5O4S. The Morgan fingerprint density at radius 1 is 1.48 bits per heavy atom. The highest BCUT2D eigenvalue weighted by Crippen LogP contribution is 2.22. The van der Waals surface area contributed by atoms with Gasteiger partial charge in [0.1, 0.15) is 6.04 Å². The maximum atomic E-state index is 12.1. The van der Waals surface area contributed by atoms with Crippen LogP contribution in [0.4, 0.5) is 4.79 Å². The molecule has 1 saturated heterocycles. The van der Waals surface area contributed by atoms with Crippen LogP contribution in [-0.2, 0) is 16.1 Å². The highest BCUT2D eigenvalue weighted by Gasteiger charge is 2.26. The monoisotopic (exact) mass is 335 g/mol. The number of rotatable bonds is 4. The van der Waals surface area contributed by atoms with E-state index >= 15 is 0 Å². The number of aromatic nitrogens is 2. The first-order chi connectivity index (χ1) is 11.1. The van der Waals surface area contributed by atoms with Gasteiger partial charge in [0.05, 0.1) is 11.4 Å². The first-order valence-corrected chi connectivity index (χ1v) is 7.74. The van der Waals surface area contributed by atoms with Gasteiger partial charge in [-0.05, 0) is 17.9 Å². The van der Waals surface area contributed by atoms with Crippen LogP contribution in [-0.4, -0.2) is 34.0 Å². The second kappa shape index (κ2) is 6.57. The Hall–Kier alpha value is -2.75. The fourth-order valence-corrected chi connectivity index (χ4v) is 2.69. The summed E-state index contributed by atoms with van der Waals surface area (Å²) in [6.07, 6.45) is 0.331. The summed E-state index contributed by atoms with van der Waals surface area (Å²) < 4.78 is 5.11. The zero-order valence-electron chi connectivity index (χ0n) is 11.9. The smallest absolute Gasteiger partial charge is 0.322 e. The van der Waals surface area contributed by atoms with Crippen molar-refractivity contribution in [2.24, 2.45) is 0 Å². The fourth-order valence-electron chi connectivity index (χ4n) is 2.04. The molecule has 1 atom stereocenters. The molecule has 9 nitrogen and oxygen atoms in total. The molecule has 23 heavy (non-hydrogen) atoms. The van der Waals surface area contributed by atoms with Crippen LogP contribution >= 0.6 is 11.3 Å². The van der Waals surface area contributed by atoms with Gasteiger partial charge in [0.15, 0.2) is 5.82 Å². The molecule has 1 fully saturated rings. The fraction of sp³-hybridized carbons (Fsp3) is 0.308. The largest absolute Gasteiger partial charge is 0.347 e. The van der Waals surface area contributed by atoms with Crippen LogP contribution in [0.15, 0.2) is 22.0 Å². The summed E-state index contributed by atoms with van der Waals surface area (Å²) >= 11 is 1.47. The van der Waals surface area contributed by atoms with Gasteiger partial charge in [-0.1, -0.05) is 11.2 Å². The van der Waals surface area contributed by atoms with Crippen LogP contribution in [0, 0.1) is 0 Å². The van der Waals surface area contributed by atoms with Crippen molar-refractivity contribution in [1.82, 2.24) is 26.1 Å². The molecule has 0 spiro atoms. The second-order valence-electron chi connectivity index (χ2n) is 4.82. The number of urea groups is 1. The average molecular weight is 335 g/mol. The lowest BCUT2D eigenvalue weighted by atomic mass is 10.1. The second-order valence-corrected chi connectivity index (χ2v) is 5.77. The summed E-state index contributed by atoms with van der Waals surface area (Å²) in [7, 11) is 0. The topological polar surface area (TPSA) is 126 Å². The standard InChI is InChI=1S/C13H13N5O4S/c19-10-4-3-7(15-13(21)17-10)11(20)14-6-9-16-12(22-18-9)8-2-1-5-23-8/h1-2,5,7H,3-4,6H2,(H,14,20)(H2,15,17,19,21)/t7-/m1/s1. The maximum absolute atomic E-state index is 12.1. The molecule has 0 aliphatic carbocycles. The Balaban J connectivity index is 1.56. The third-order valence-electron chi connectivity index (χ3n) is 3.16. The van der Waals surface area contributed by atoms with E-state index in [2.05, 4.69) is 26.1 Å². The van der Waals surface area contributed by atoms with Gasteiger partial charge in [-0.25, -0.2) is 4.79 Å². The quantitative estimate of drug-likeness (QED) is 0.742. The van der Waals surface area contributed by atoms with E-state index in [9.17, 15) is 14.4 Å². The molecule has 1 aliphatic rings. The minimum atomic E-state index is -0.773. The Morgan fingerprint density at radius 3 is 3.13 bits per heavy atom. The van der Waals surface area contributed by atoms with Crippen LogP contribution in [0.1, 0.15) is 18.7 Å². The molecule has 3 heterocycles. The first kappa shape index (κ1) is 15.2. The van der Waals surface area contributed by atoms with E-state index in [-0.39, 0.29) is 19.4 Å². The summed E-state index contributed by atoms with van der Waals surface area (Å²) in [6.45, 7) is 0.0709. The molecule has 120 valence electrons. The van der Waals surface area contributed by atoms with Gasteiger partial charge in [-0.2, -0.15) is 4.98 Å². The molecule has 2 aromatic rings. The Labute approximate surface area is 134 Å². The highest BCUT2D eigenvalue weighted by atomic mass is 32.1. The van der Waals surface area contributed by atoms with Gasteiger partial charge in [0.2, 0.25) is 11.8 Å². The van der Waals surface area contributed by atoms with Crippen molar-refractivity contribution in [1.29, 1.82) is 0 Å². The van der Waals surface area contributed by atoms with E-state index in [1.54, 1.807) is 0 Å². The lowest BCUT2D eigenvalue weighted by molar-refractivity contribution is -0.123. The van der Waals surface area contributed by atoms with Crippen LogP contribution in [0.5, 0.6) is 0 Å². The summed E-state index contributed by atoms with van der Waals surface area (Å²) in [5.74, 6) is -0.0911. The molecule has 0 saturated carbocycles. The van der Waals surface area contributed by atoms with Crippen LogP contribution in [0.3, 0.4) is 0 Å². The number of amides is 4. The maximum Gasteiger partial charge on any atom is 0.322 e. The van der Waals surface area contributed by atoms with Crippen LogP contribution < -0.4 is 16.0 Å². The molecule has 0 unspecified atom stereocenters. The minimum Gasteiger partial charge on any atom is -0.347 e. The predicted octanol–water partition coefficient (Wildman–Crippen LogP) is 0.402. The van der Waals surface area contributed by atoms with E-state index in [1.165, 1.54) is 11.3 Å². The van der Waals surface area contributed by atoms with E-state index in [4.69, 9.17) is 4.52 Å². The van der Waals surface area contributed by atoms with E-state index in [0.29, 0.717) is 11.7 Å². The summed E-state index contributed by atoms with van der Waals surface area (Å²) in [4.78, 5) is 39.7. The zero-order chi connectivity index (χ0) is 16.2. The Kier molecular flexibility index (Phi) is 4.33. The van der Waals surface area contributed by atoms with Crippen LogP contribution in [0.25, 0.3) is 10.8 Å². The average Bonchev–Trinajstić information content (AvgIpc) is 3.16. The number of carbonyl (C=O) groups excluding carboxylic acids is 3. The number of nitrogens with zero attached hydrogens (tertiary/aromatic N) is 2. The van der Waals surface area contributed by atoms with Gasteiger partial charge in [0.25, 0.3) is 5.89 Å². The van der Waals surface area contributed by atoms with Crippen molar-refractivity contribution in [2.45, 2.75) is 25.4 Å². The molecule has 10 heteroatoms. The van der Waals surface area contributed by atoms with Gasteiger partial charge in [-0.3, -0.25) is 14.9 Å². The Morgan fingerprint density at radius 2 is 2.35 bits per heavy atom. The molecular weight excluding hydrogens is 322 g/mol. The number of thiophene rings is 1. The first-order valence-electron chi connectivity index (χ1n) is 6.86. The lowest BCUT2D eigenvalue weighted by Crippen LogP contribution is -2.48. The summed E-state index contributed by atoms with van der Waals surface area (Å²) in [5.41, 5.74) is 0. The minimum absolute atomic E-state index is 0.0709. The molecule has 2 aromatic heterocycles. The third-order valence-corrected chi connectivity index (χ3v) is 4.01. The molecule has 3 N–H and O–H groups in total. The number of carbonyl (C=O) groups is 3. The van der Waals surface area contributed by atoms with E-state index < -0.39 is 23.9 Å². The van der Waals surface area contributed by atoms with E-state index in [1.807, 2.05) is 17.5 Å². The predicted molar refractivity (Wildman–Crippen MR) is 79.2 cm³/mol. The van der Waals surface area contributed by atoms with Gasteiger partial charge < -0.3 is 15.2 Å². The number of imide groups is 1. The molecule has 4 amide bonds. The van der Waals surface area contributed by atoms with Crippen molar-refractivity contribution in [3.63, 3.8) is 0 Å². The van der Waals surface area contributed by atoms with Gasteiger partial charge in [-0.15, -0.1) is 11.3 Å². The lowest BCUT2D eigenvalue weighted by Gasteiger charge is -2.13. The number of hydrogen-bond acceptors (Lipinski definition) is 7. The van der Waals surface area contributed by atoms with Crippen molar-refractivity contribution in [3.8, 4) is 10.8 Å². The van der Waals surface area contributed by atoms with Crippen molar-refractivity contribution >= 4 is 29.2 Å². The van der Waals surface area contributed by atoms with Crippen LogP contribution in [0.2, 0.25) is 0 Å². The molecule has 0 bridgehead atoms. The van der Waals surface area contributed by atoms with Crippen molar-refractivity contribution < 1.29 is 18.9 Å². The zero-order valence-corrected chi connectivity index (χ0v) is 12.7. The van der Waals surface area contributed by atoms with Gasteiger partial charge in [0, 0.05) is 6.42 Å². The third kappa shape index (κ3) is 3.72. The molecule has 0 aromatic carbocycles. The summed E-state index contributed by atoms with van der Waals surface area (Å²) in [5, 5.41) is 12.8. The Bertz CT molecular complexity index is 727. The van der Waals surface area contributed by atoms with E-state index in [0.717, 1.165) is 4.88 Å². The molecule has 0 radical (unpaired) electrons. The molecule has 1 aliphatic heterocycles. The number of hydrogen-bond donors (Lipinski definition) is 3. The molecule has 3 rings (SSSR count). The van der Waals surface area contributed by atoms with Crippen molar-refractivity contribution in [3.05, 3.63) is 23.3 Å².